The number of pyridine rings is 1. The molecule has 92 valence electrons. The Hall–Kier alpha value is -1.39. The Bertz CT molecular complexity index is 479. The third-order valence-electron chi connectivity index (χ3n) is 2.78. The van der Waals surface area contributed by atoms with E-state index in [0.717, 1.165) is 42.8 Å². The average Bonchev–Trinajstić information content (AvgIpc) is 2.73. The number of aryl methyl sites for hydroxylation is 1. The minimum Gasteiger partial charge on any atom is -0.392 e. The fraction of sp³-hybridized carbons (Fsp3) is 0.462. The van der Waals surface area contributed by atoms with Gasteiger partial charge in [0.2, 0.25) is 0 Å². The van der Waals surface area contributed by atoms with Crippen molar-refractivity contribution in [1.29, 1.82) is 0 Å². The van der Waals surface area contributed by atoms with Gasteiger partial charge in [0.15, 0.2) is 0 Å². The molecule has 1 N–H and O–H groups in total. The van der Waals surface area contributed by atoms with E-state index in [4.69, 9.17) is 4.74 Å². The zero-order chi connectivity index (χ0) is 12.1. The van der Waals surface area contributed by atoms with E-state index in [1.54, 1.807) is 6.20 Å². The summed E-state index contributed by atoms with van der Waals surface area (Å²) >= 11 is 0. The Morgan fingerprint density at radius 3 is 3.12 bits per heavy atom. The second-order valence-electron chi connectivity index (χ2n) is 3.93. The number of fused-ring (bicyclic) bond motifs is 1. The van der Waals surface area contributed by atoms with Crippen molar-refractivity contribution >= 4 is 11.0 Å². The number of rotatable bonds is 6. The summed E-state index contributed by atoms with van der Waals surface area (Å²) in [5.74, 6) is 0. The molecule has 0 aromatic carbocycles. The van der Waals surface area contributed by atoms with Gasteiger partial charge in [-0.3, -0.25) is 0 Å². The molecule has 0 fully saturated rings. The van der Waals surface area contributed by atoms with Crippen LogP contribution in [0, 0.1) is 0 Å². The number of aromatic nitrogens is 2. The van der Waals surface area contributed by atoms with Crippen LogP contribution in [0.3, 0.4) is 0 Å². The second kappa shape index (κ2) is 5.80. The second-order valence-corrected chi connectivity index (χ2v) is 3.93. The number of ether oxygens (including phenoxy) is 1. The number of hydrogen-bond donors (Lipinski definition) is 1. The molecule has 0 spiro atoms. The van der Waals surface area contributed by atoms with Gasteiger partial charge >= 0.3 is 0 Å². The maximum atomic E-state index is 9.29. The van der Waals surface area contributed by atoms with Crippen LogP contribution < -0.4 is 0 Å². The van der Waals surface area contributed by atoms with E-state index in [1.807, 2.05) is 25.3 Å². The topological polar surface area (TPSA) is 47.3 Å². The lowest BCUT2D eigenvalue weighted by atomic mass is 10.2. The highest BCUT2D eigenvalue weighted by atomic mass is 16.5. The van der Waals surface area contributed by atoms with Crippen LogP contribution in [0.4, 0.5) is 0 Å². The van der Waals surface area contributed by atoms with Crippen LogP contribution in [-0.2, 0) is 17.9 Å². The summed E-state index contributed by atoms with van der Waals surface area (Å²) in [6.07, 6.45) is 4.71. The van der Waals surface area contributed by atoms with Crippen LogP contribution >= 0.6 is 0 Å². The van der Waals surface area contributed by atoms with Gasteiger partial charge in [-0.15, -0.1) is 0 Å². The van der Waals surface area contributed by atoms with Crippen molar-refractivity contribution in [3.05, 3.63) is 30.1 Å². The van der Waals surface area contributed by atoms with Gasteiger partial charge in [0, 0.05) is 43.1 Å². The van der Waals surface area contributed by atoms with Crippen molar-refractivity contribution in [2.45, 2.75) is 26.5 Å². The standard InChI is InChI=1S/C13H18N2O2/c1-2-17-8-4-7-15-9-11(10-16)12-5-3-6-14-13(12)15/h3,5-6,9,16H,2,4,7-8,10H2,1H3. The predicted molar refractivity (Wildman–Crippen MR) is 66.8 cm³/mol. The Morgan fingerprint density at radius 1 is 1.47 bits per heavy atom. The van der Waals surface area contributed by atoms with Gasteiger partial charge < -0.3 is 14.4 Å². The van der Waals surface area contributed by atoms with E-state index in [2.05, 4.69) is 9.55 Å². The lowest BCUT2D eigenvalue weighted by Crippen LogP contribution is -2.02. The molecule has 0 aliphatic heterocycles. The molecule has 0 aliphatic carbocycles. The quantitative estimate of drug-likeness (QED) is 0.777. The number of aliphatic hydroxyl groups is 1. The molecule has 0 unspecified atom stereocenters. The van der Waals surface area contributed by atoms with Crippen molar-refractivity contribution in [1.82, 2.24) is 9.55 Å². The lowest BCUT2D eigenvalue weighted by molar-refractivity contribution is 0.142. The summed E-state index contributed by atoms with van der Waals surface area (Å²) in [4.78, 5) is 4.36. The molecule has 2 aromatic rings. The van der Waals surface area contributed by atoms with Crippen LogP contribution in [0.15, 0.2) is 24.5 Å². The van der Waals surface area contributed by atoms with Crippen molar-refractivity contribution in [3.63, 3.8) is 0 Å². The molecule has 0 aliphatic rings. The van der Waals surface area contributed by atoms with E-state index in [9.17, 15) is 5.11 Å². The lowest BCUT2D eigenvalue weighted by Gasteiger charge is -2.04. The molecular formula is C13H18N2O2. The summed E-state index contributed by atoms with van der Waals surface area (Å²) in [6.45, 7) is 4.44. The zero-order valence-electron chi connectivity index (χ0n) is 10.1. The monoisotopic (exact) mass is 234 g/mol. The Kier molecular flexibility index (Phi) is 4.12. The first-order valence-corrected chi connectivity index (χ1v) is 5.98. The summed E-state index contributed by atoms with van der Waals surface area (Å²) in [5.41, 5.74) is 1.87. The van der Waals surface area contributed by atoms with Gasteiger partial charge in [0.1, 0.15) is 5.65 Å². The summed E-state index contributed by atoms with van der Waals surface area (Å²) < 4.78 is 7.40. The third-order valence-corrected chi connectivity index (χ3v) is 2.78. The molecular weight excluding hydrogens is 216 g/mol. The molecule has 4 heteroatoms. The summed E-state index contributed by atoms with van der Waals surface area (Å²) in [7, 11) is 0. The van der Waals surface area contributed by atoms with Crippen molar-refractivity contribution < 1.29 is 9.84 Å². The first kappa shape index (κ1) is 12.1. The predicted octanol–water partition coefficient (Wildman–Crippen LogP) is 1.96. The number of nitrogens with zero attached hydrogens (tertiary/aromatic N) is 2. The van der Waals surface area contributed by atoms with Crippen LogP contribution in [0.5, 0.6) is 0 Å². The molecule has 2 heterocycles. The van der Waals surface area contributed by atoms with E-state index >= 15 is 0 Å². The number of aliphatic hydroxyl groups excluding tert-OH is 1. The van der Waals surface area contributed by atoms with Gasteiger partial charge in [-0.05, 0) is 25.5 Å². The van der Waals surface area contributed by atoms with E-state index < -0.39 is 0 Å². The number of hydrogen-bond acceptors (Lipinski definition) is 3. The molecule has 0 amide bonds. The maximum absolute atomic E-state index is 9.29. The van der Waals surface area contributed by atoms with E-state index in [-0.39, 0.29) is 6.61 Å². The largest absolute Gasteiger partial charge is 0.392 e. The molecule has 0 atom stereocenters. The highest BCUT2D eigenvalue weighted by molar-refractivity contribution is 5.80. The molecule has 2 rings (SSSR count). The van der Waals surface area contributed by atoms with Crippen LogP contribution in [0.25, 0.3) is 11.0 Å². The molecule has 0 saturated heterocycles. The average molecular weight is 234 g/mol. The molecule has 0 radical (unpaired) electrons. The summed E-state index contributed by atoms with van der Waals surface area (Å²) in [6, 6.07) is 3.89. The van der Waals surface area contributed by atoms with Crippen LogP contribution in [-0.4, -0.2) is 27.9 Å². The maximum Gasteiger partial charge on any atom is 0.140 e. The normalized spacial score (nSPS) is 11.2. The fourth-order valence-electron chi connectivity index (χ4n) is 1.97. The minimum absolute atomic E-state index is 0.0562. The summed E-state index contributed by atoms with van der Waals surface area (Å²) in [5, 5.41) is 10.3. The first-order chi connectivity index (χ1) is 8.36. The SMILES string of the molecule is CCOCCCn1cc(CO)c2cccnc21. The van der Waals surface area contributed by atoms with Gasteiger partial charge in [0.25, 0.3) is 0 Å². The third kappa shape index (κ3) is 2.65. The minimum atomic E-state index is 0.0562. The highest BCUT2D eigenvalue weighted by Crippen LogP contribution is 2.19. The first-order valence-electron chi connectivity index (χ1n) is 5.98. The highest BCUT2D eigenvalue weighted by Gasteiger charge is 2.07. The Balaban J connectivity index is 2.16. The van der Waals surface area contributed by atoms with E-state index in [0.29, 0.717) is 0 Å². The smallest absolute Gasteiger partial charge is 0.140 e. The van der Waals surface area contributed by atoms with Gasteiger partial charge in [0.05, 0.1) is 6.61 Å². The van der Waals surface area contributed by atoms with Gasteiger partial charge in [-0.2, -0.15) is 0 Å². The Labute approximate surface area is 101 Å². The Morgan fingerprint density at radius 2 is 2.35 bits per heavy atom. The van der Waals surface area contributed by atoms with Gasteiger partial charge in [-0.25, -0.2) is 4.98 Å². The van der Waals surface area contributed by atoms with Crippen LogP contribution in [0.2, 0.25) is 0 Å². The molecule has 2 aromatic heterocycles. The molecule has 17 heavy (non-hydrogen) atoms. The molecule has 0 bridgehead atoms. The van der Waals surface area contributed by atoms with Crippen molar-refractivity contribution in [2.24, 2.45) is 0 Å². The molecule has 0 saturated carbocycles. The fourth-order valence-corrected chi connectivity index (χ4v) is 1.97. The van der Waals surface area contributed by atoms with E-state index in [1.165, 1.54) is 0 Å². The van der Waals surface area contributed by atoms with Crippen molar-refractivity contribution in [3.8, 4) is 0 Å². The molecule has 4 nitrogen and oxygen atoms in total. The zero-order valence-corrected chi connectivity index (χ0v) is 10.1. The van der Waals surface area contributed by atoms with Crippen molar-refractivity contribution in [2.75, 3.05) is 13.2 Å². The van der Waals surface area contributed by atoms with Crippen LogP contribution in [0.1, 0.15) is 18.9 Å². The van der Waals surface area contributed by atoms with Gasteiger partial charge in [-0.1, -0.05) is 0 Å².